The molecule has 1 atom stereocenters. The minimum absolute atomic E-state index is 0.112. The standard InChI is InChI=1S/C13H14FN3O2/c14-7-1-4-9-10(5-7)17(13(19)12(9)15)6-11(18)16-8-2-3-8/h1,4-5,8,12H,2-3,6,15H2,(H,16,18). The van der Waals surface area contributed by atoms with Gasteiger partial charge in [0.1, 0.15) is 18.4 Å². The molecule has 0 bridgehead atoms. The number of halogens is 1. The van der Waals surface area contributed by atoms with Gasteiger partial charge in [-0.15, -0.1) is 0 Å². The van der Waals surface area contributed by atoms with Crippen molar-refractivity contribution >= 4 is 17.5 Å². The van der Waals surface area contributed by atoms with E-state index in [9.17, 15) is 14.0 Å². The molecule has 19 heavy (non-hydrogen) atoms. The van der Waals surface area contributed by atoms with Crippen LogP contribution in [0.15, 0.2) is 18.2 Å². The fourth-order valence-electron chi connectivity index (χ4n) is 2.24. The maximum Gasteiger partial charge on any atom is 0.249 e. The molecule has 100 valence electrons. The minimum atomic E-state index is -0.815. The van der Waals surface area contributed by atoms with Crippen LogP contribution in [0, 0.1) is 5.82 Å². The molecule has 5 nitrogen and oxygen atoms in total. The highest BCUT2D eigenvalue weighted by atomic mass is 19.1. The maximum atomic E-state index is 13.3. The second-order valence-electron chi connectivity index (χ2n) is 4.95. The van der Waals surface area contributed by atoms with Crippen LogP contribution in [-0.2, 0) is 9.59 Å². The van der Waals surface area contributed by atoms with E-state index >= 15 is 0 Å². The minimum Gasteiger partial charge on any atom is -0.352 e. The molecule has 3 rings (SSSR count). The van der Waals surface area contributed by atoms with Crippen molar-refractivity contribution in [1.82, 2.24) is 5.32 Å². The van der Waals surface area contributed by atoms with Gasteiger partial charge in [-0.3, -0.25) is 9.59 Å². The largest absolute Gasteiger partial charge is 0.352 e. The SMILES string of the molecule is NC1C(=O)N(CC(=O)NC2CC2)c2cc(F)ccc21. The van der Waals surface area contributed by atoms with Gasteiger partial charge in [0, 0.05) is 11.6 Å². The van der Waals surface area contributed by atoms with Crippen molar-refractivity contribution in [3.8, 4) is 0 Å². The molecule has 1 aliphatic heterocycles. The molecule has 2 amide bonds. The van der Waals surface area contributed by atoms with E-state index in [0.29, 0.717) is 11.3 Å². The number of fused-ring (bicyclic) bond motifs is 1. The van der Waals surface area contributed by atoms with Gasteiger partial charge in [-0.05, 0) is 25.0 Å². The van der Waals surface area contributed by atoms with Crippen LogP contribution in [0.25, 0.3) is 0 Å². The Labute approximate surface area is 109 Å². The Morgan fingerprint density at radius 3 is 2.89 bits per heavy atom. The summed E-state index contributed by atoms with van der Waals surface area (Å²) in [5.41, 5.74) is 6.73. The number of hydrogen-bond donors (Lipinski definition) is 2. The van der Waals surface area contributed by atoms with Gasteiger partial charge in [-0.2, -0.15) is 0 Å². The second-order valence-corrected chi connectivity index (χ2v) is 4.95. The Bertz CT molecular complexity index is 557. The molecule has 1 aromatic carbocycles. The van der Waals surface area contributed by atoms with Crippen LogP contribution in [0.1, 0.15) is 24.4 Å². The lowest BCUT2D eigenvalue weighted by molar-refractivity contribution is -0.124. The normalized spacial score (nSPS) is 21.5. The first-order chi connectivity index (χ1) is 9.06. The van der Waals surface area contributed by atoms with Crippen LogP contribution in [0.2, 0.25) is 0 Å². The number of rotatable bonds is 3. The number of hydrogen-bond acceptors (Lipinski definition) is 3. The van der Waals surface area contributed by atoms with Crippen molar-refractivity contribution < 1.29 is 14.0 Å². The molecule has 0 aromatic heterocycles. The monoisotopic (exact) mass is 263 g/mol. The number of nitrogens with one attached hydrogen (secondary N) is 1. The Balaban J connectivity index is 1.83. The van der Waals surface area contributed by atoms with Crippen LogP contribution in [0.5, 0.6) is 0 Å². The summed E-state index contributed by atoms with van der Waals surface area (Å²) >= 11 is 0. The summed E-state index contributed by atoms with van der Waals surface area (Å²) in [6.07, 6.45) is 1.95. The van der Waals surface area contributed by atoms with Gasteiger partial charge in [0.05, 0.1) is 5.69 Å². The van der Waals surface area contributed by atoms with Gasteiger partial charge in [0.15, 0.2) is 0 Å². The zero-order chi connectivity index (χ0) is 13.6. The number of amides is 2. The second kappa shape index (κ2) is 4.31. The molecule has 1 unspecified atom stereocenters. The molecular weight excluding hydrogens is 249 g/mol. The quantitative estimate of drug-likeness (QED) is 0.831. The van der Waals surface area contributed by atoms with E-state index in [2.05, 4.69) is 5.32 Å². The van der Waals surface area contributed by atoms with E-state index in [1.807, 2.05) is 0 Å². The van der Waals surface area contributed by atoms with E-state index in [4.69, 9.17) is 5.73 Å². The van der Waals surface area contributed by atoms with Gasteiger partial charge >= 0.3 is 0 Å². The molecule has 1 saturated carbocycles. The van der Waals surface area contributed by atoms with Gasteiger partial charge in [0.2, 0.25) is 11.8 Å². The van der Waals surface area contributed by atoms with Gasteiger partial charge < -0.3 is 16.0 Å². The van der Waals surface area contributed by atoms with Crippen molar-refractivity contribution in [3.05, 3.63) is 29.6 Å². The Hall–Kier alpha value is -1.95. The fraction of sp³-hybridized carbons (Fsp3) is 0.385. The summed E-state index contributed by atoms with van der Waals surface area (Å²) in [7, 11) is 0. The third-order valence-electron chi connectivity index (χ3n) is 3.39. The Kier molecular flexibility index (Phi) is 2.74. The number of carbonyl (C=O) groups is 2. The summed E-state index contributed by atoms with van der Waals surface area (Å²) in [4.78, 5) is 25.0. The molecule has 1 aromatic rings. The lowest BCUT2D eigenvalue weighted by Gasteiger charge is -2.17. The van der Waals surface area contributed by atoms with Crippen molar-refractivity contribution in [3.63, 3.8) is 0 Å². The fourth-order valence-corrected chi connectivity index (χ4v) is 2.24. The highest BCUT2D eigenvalue weighted by Crippen LogP contribution is 2.34. The molecule has 1 heterocycles. The first kappa shape index (κ1) is 12.1. The van der Waals surface area contributed by atoms with Crippen LogP contribution < -0.4 is 16.0 Å². The predicted molar refractivity (Wildman–Crippen MR) is 66.8 cm³/mol. The Morgan fingerprint density at radius 1 is 1.47 bits per heavy atom. The number of anilines is 1. The molecule has 0 radical (unpaired) electrons. The first-order valence-corrected chi connectivity index (χ1v) is 6.22. The average Bonchev–Trinajstić information content (AvgIpc) is 3.14. The van der Waals surface area contributed by atoms with Gasteiger partial charge in [0.25, 0.3) is 0 Å². The molecule has 2 aliphatic rings. The van der Waals surface area contributed by atoms with Crippen molar-refractivity contribution in [2.75, 3.05) is 11.4 Å². The van der Waals surface area contributed by atoms with Crippen molar-refractivity contribution in [2.45, 2.75) is 24.9 Å². The zero-order valence-corrected chi connectivity index (χ0v) is 10.2. The summed E-state index contributed by atoms with van der Waals surface area (Å²) in [5, 5.41) is 2.79. The van der Waals surface area contributed by atoms with E-state index in [1.54, 1.807) is 0 Å². The number of benzene rings is 1. The van der Waals surface area contributed by atoms with E-state index < -0.39 is 11.9 Å². The smallest absolute Gasteiger partial charge is 0.249 e. The maximum absolute atomic E-state index is 13.3. The third-order valence-corrected chi connectivity index (χ3v) is 3.39. The van der Waals surface area contributed by atoms with Crippen LogP contribution in [-0.4, -0.2) is 24.4 Å². The van der Waals surface area contributed by atoms with E-state index in [0.717, 1.165) is 12.8 Å². The molecule has 1 aliphatic carbocycles. The summed E-state index contributed by atoms with van der Waals surface area (Å²) < 4.78 is 13.3. The number of carbonyl (C=O) groups excluding carboxylic acids is 2. The zero-order valence-electron chi connectivity index (χ0n) is 10.2. The lowest BCUT2D eigenvalue weighted by atomic mass is 10.1. The average molecular weight is 263 g/mol. The highest BCUT2D eigenvalue weighted by molar-refractivity contribution is 6.07. The molecule has 3 N–H and O–H groups in total. The highest BCUT2D eigenvalue weighted by Gasteiger charge is 2.36. The van der Waals surface area contributed by atoms with Crippen molar-refractivity contribution in [1.29, 1.82) is 0 Å². The van der Waals surface area contributed by atoms with Gasteiger partial charge in [-0.25, -0.2) is 4.39 Å². The Morgan fingerprint density at radius 2 is 2.21 bits per heavy atom. The van der Waals surface area contributed by atoms with Crippen LogP contribution >= 0.6 is 0 Å². The molecule has 0 saturated heterocycles. The summed E-state index contributed by atoms with van der Waals surface area (Å²) in [6.45, 7) is -0.112. The summed E-state index contributed by atoms with van der Waals surface area (Å²) in [6, 6.07) is 3.41. The molecular formula is C13H14FN3O2. The molecule has 6 heteroatoms. The molecule has 1 fully saturated rings. The van der Waals surface area contributed by atoms with Crippen LogP contribution in [0.4, 0.5) is 10.1 Å². The molecule has 0 spiro atoms. The van der Waals surface area contributed by atoms with E-state index in [-0.39, 0.29) is 24.4 Å². The lowest BCUT2D eigenvalue weighted by Crippen LogP contribution is -2.41. The topological polar surface area (TPSA) is 75.4 Å². The summed E-state index contributed by atoms with van der Waals surface area (Å²) in [5.74, 6) is -1.06. The van der Waals surface area contributed by atoms with E-state index in [1.165, 1.54) is 23.1 Å². The van der Waals surface area contributed by atoms with Crippen LogP contribution in [0.3, 0.4) is 0 Å². The third kappa shape index (κ3) is 2.19. The van der Waals surface area contributed by atoms with Gasteiger partial charge in [-0.1, -0.05) is 6.07 Å². The predicted octanol–water partition coefficient (Wildman–Crippen LogP) is 0.451. The number of nitrogens with zero attached hydrogens (tertiary/aromatic N) is 1. The van der Waals surface area contributed by atoms with Crippen molar-refractivity contribution in [2.24, 2.45) is 5.73 Å². The number of nitrogens with two attached hydrogens (primary N) is 1. The first-order valence-electron chi connectivity index (χ1n) is 6.22.